The van der Waals surface area contributed by atoms with Crippen LogP contribution >= 0.6 is 0 Å². The van der Waals surface area contributed by atoms with Crippen LogP contribution in [0.15, 0.2) is 54.6 Å². The number of amides is 3. The normalized spacial score (nSPS) is 16.9. The molecule has 0 saturated carbocycles. The molecule has 0 aliphatic carbocycles. The Kier molecular flexibility index (Phi) is 7.17. The Hall–Kier alpha value is -3.22. The summed E-state index contributed by atoms with van der Waals surface area (Å²) in [4.78, 5) is 38.5. The molecule has 7 heteroatoms. The molecular formula is C23H26FN3O3. The highest BCUT2D eigenvalue weighted by Gasteiger charge is 2.36. The molecule has 1 saturated heterocycles. The maximum absolute atomic E-state index is 12.9. The van der Waals surface area contributed by atoms with Crippen molar-refractivity contribution in [1.29, 1.82) is 0 Å². The van der Waals surface area contributed by atoms with E-state index in [2.05, 4.69) is 10.6 Å². The van der Waals surface area contributed by atoms with Gasteiger partial charge < -0.3 is 15.5 Å². The standard InChI is InChI=1S/C23H26FN3O3/c1-16(18-5-3-2-4-6-18)27-15-19(14-22(27)29)23(30)26-12-11-25-21(28)13-17-7-9-20(24)10-8-17/h2-10,16,19H,11-15H2,1H3,(H,25,28)(H,26,30). The Bertz CT molecular complexity index is 886. The number of benzene rings is 2. The third-order valence-corrected chi connectivity index (χ3v) is 5.30. The molecule has 3 rings (SSSR count). The summed E-state index contributed by atoms with van der Waals surface area (Å²) in [5.41, 5.74) is 1.76. The van der Waals surface area contributed by atoms with E-state index >= 15 is 0 Å². The second kappa shape index (κ2) is 10.0. The van der Waals surface area contributed by atoms with E-state index in [9.17, 15) is 18.8 Å². The van der Waals surface area contributed by atoms with E-state index in [1.807, 2.05) is 37.3 Å². The molecule has 0 spiro atoms. The molecule has 2 atom stereocenters. The number of halogens is 1. The minimum Gasteiger partial charge on any atom is -0.354 e. The van der Waals surface area contributed by atoms with Crippen LogP contribution in [0.2, 0.25) is 0 Å². The van der Waals surface area contributed by atoms with Crippen molar-refractivity contribution >= 4 is 17.7 Å². The highest BCUT2D eigenvalue weighted by Crippen LogP contribution is 2.28. The van der Waals surface area contributed by atoms with Gasteiger partial charge in [0.1, 0.15) is 5.82 Å². The molecule has 0 radical (unpaired) electrons. The maximum Gasteiger partial charge on any atom is 0.225 e. The largest absolute Gasteiger partial charge is 0.354 e. The van der Waals surface area contributed by atoms with Crippen molar-refractivity contribution in [3.8, 4) is 0 Å². The first kappa shape index (κ1) is 21.5. The van der Waals surface area contributed by atoms with E-state index in [4.69, 9.17) is 0 Å². The summed E-state index contributed by atoms with van der Waals surface area (Å²) in [5.74, 6) is -1.14. The summed E-state index contributed by atoms with van der Waals surface area (Å²) in [6, 6.07) is 15.4. The van der Waals surface area contributed by atoms with Crippen LogP contribution in [0.4, 0.5) is 4.39 Å². The molecule has 0 bridgehead atoms. The van der Waals surface area contributed by atoms with Crippen molar-refractivity contribution in [2.24, 2.45) is 5.92 Å². The average molecular weight is 411 g/mol. The van der Waals surface area contributed by atoms with Crippen molar-refractivity contribution in [3.05, 3.63) is 71.5 Å². The van der Waals surface area contributed by atoms with Gasteiger partial charge in [0.2, 0.25) is 17.7 Å². The second-order valence-electron chi connectivity index (χ2n) is 7.48. The minimum absolute atomic E-state index is 0.0286. The molecule has 6 nitrogen and oxygen atoms in total. The van der Waals surface area contributed by atoms with E-state index in [0.717, 1.165) is 11.1 Å². The van der Waals surface area contributed by atoms with Crippen LogP contribution in [0.1, 0.15) is 30.5 Å². The summed E-state index contributed by atoms with van der Waals surface area (Å²) in [6.07, 6.45) is 0.345. The van der Waals surface area contributed by atoms with Gasteiger partial charge in [-0.05, 0) is 30.2 Å². The van der Waals surface area contributed by atoms with Crippen LogP contribution in [0.3, 0.4) is 0 Å². The molecule has 2 aromatic rings. The van der Waals surface area contributed by atoms with Crippen LogP contribution in [0, 0.1) is 11.7 Å². The molecule has 3 amide bonds. The van der Waals surface area contributed by atoms with E-state index in [1.165, 1.54) is 12.1 Å². The predicted molar refractivity (Wildman–Crippen MR) is 111 cm³/mol. The van der Waals surface area contributed by atoms with Crippen molar-refractivity contribution < 1.29 is 18.8 Å². The molecule has 2 N–H and O–H groups in total. The van der Waals surface area contributed by atoms with Crippen LogP contribution < -0.4 is 10.6 Å². The van der Waals surface area contributed by atoms with Crippen LogP contribution in [-0.2, 0) is 20.8 Å². The molecule has 30 heavy (non-hydrogen) atoms. The van der Waals surface area contributed by atoms with Gasteiger partial charge in [0.15, 0.2) is 0 Å². The van der Waals surface area contributed by atoms with Crippen LogP contribution in [0.25, 0.3) is 0 Å². The highest BCUT2D eigenvalue weighted by molar-refractivity contribution is 5.89. The molecule has 0 aromatic heterocycles. The van der Waals surface area contributed by atoms with Crippen molar-refractivity contribution in [2.45, 2.75) is 25.8 Å². The second-order valence-corrected chi connectivity index (χ2v) is 7.48. The lowest BCUT2D eigenvalue weighted by molar-refractivity contribution is -0.130. The number of hydrogen-bond donors (Lipinski definition) is 2. The Morgan fingerprint density at radius 2 is 1.73 bits per heavy atom. The van der Waals surface area contributed by atoms with Gasteiger partial charge in [0, 0.05) is 26.1 Å². The van der Waals surface area contributed by atoms with Crippen molar-refractivity contribution in [1.82, 2.24) is 15.5 Å². The number of nitrogens with one attached hydrogen (secondary N) is 2. The molecular weight excluding hydrogens is 385 g/mol. The fraction of sp³-hybridized carbons (Fsp3) is 0.348. The predicted octanol–water partition coefficient (Wildman–Crippen LogP) is 2.21. The van der Waals surface area contributed by atoms with Gasteiger partial charge in [-0.2, -0.15) is 0 Å². The van der Waals surface area contributed by atoms with Crippen molar-refractivity contribution in [3.63, 3.8) is 0 Å². The number of hydrogen-bond acceptors (Lipinski definition) is 3. The molecule has 158 valence electrons. The molecule has 2 unspecified atom stereocenters. The zero-order valence-corrected chi connectivity index (χ0v) is 16.9. The lowest BCUT2D eigenvalue weighted by Crippen LogP contribution is -2.39. The van der Waals surface area contributed by atoms with E-state index in [0.29, 0.717) is 6.54 Å². The Balaban J connectivity index is 1.39. The zero-order chi connectivity index (χ0) is 21.5. The van der Waals surface area contributed by atoms with Gasteiger partial charge in [-0.25, -0.2) is 4.39 Å². The molecule has 1 fully saturated rings. The smallest absolute Gasteiger partial charge is 0.225 e. The SMILES string of the molecule is CC(c1ccccc1)N1CC(C(=O)NCCNC(=O)Cc2ccc(F)cc2)CC1=O. The lowest BCUT2D eigenvalue weighted by Gasteiger charge is -2.25. The lowest BCUT2D eigenvalue weighted by atomic mass is 10.1. The van der Waals surface area contributed by atoms with E-state index in [-0.39, 0.29) is 55.5 Å². The first-order chi connectivity index (χ1) is 14.4. The maximum atomic E-state index is 12.9. The molecule has 1 heterocycles. The summed E-state index contributed by atoms with van der Waals surface area (Å²) in [5, 5.41) is 5.51. The van der Waals surface area contributed by atoms with Crippen LogP contribution in [-0.4, -0.2) is 42.3 Å². The molecule has 2 aromatic carbocycles. The fourth-order valence-corrected chi connectivity index (χ4v) is 3.58. The monoisotopic (exact) mass is 411 g/mol. The molecule has 1 aliphatic heterocycles. The average Bonchev–Trinajstić information content (AvgIpc) is 3.14. The number of carbonyl (C=O) groups excluding carboxylic acids is 3. The zero-order valence-electron chi connectivity index (χ0n) is 16.9. The van der Waals surface area contributed by atoms with E-state index in [1.54, 1.807) is 17.0 Å². The van der Waals surface area contributed by atoms with Gasteiger partial charge in [0.25, 0.3) is 0 Å². The third kappa shape index (κ3) is 5.65. The highest BCUT2D eigenvalue weighted by atomic mass is 19.1. The van der Waals surface area contributed by atoms with Crippen molar-refractivity contribution in [2.75, 3.05) is 19.6 Å². The van der Waals surface area contributed by atoms with E-state index < -0.39 is 5.92 Å². The quantitative estimate of drug-likeness (QED) is 0.654. The van der Waals surface area contributed by atoms with Gasteiger partial charge in [-0.1, -0.05) is 42.5 Å². The van der Waals surface area contributed by atoms with Gasteiger partial charge in [0.05, 0.1) is 18.4 Å². The Morgan fingerprint density at radius 3 is 2.43 bits per heavy atom. The van der Waals surface area contributed by atoms with Crippen LogP contribution in [0.5, 0.6) is 0 Å². The fourth-order valence-electron chi connectivity index (χ4n) is 3.58. The summed E-state index contributed by atoms with van der Waals surface area (Å²) in [7, 11) is 0. The summed E-state index contributed by atoms with van der Waals surface area (Å²) >= 11 is 0. The van der Waals surface area contributed by atoms with Gasteiger partial charge >= 0.3 is 0 Å². The summed E-state index contributed by atoms with van der Waals surface area (Å²) in [6.45, 7) is 2.92. The Labute approximate surface area is 175 Å². The minimum atomic E-state index is -0.390. The summed E-state index contributed by atoms with van der Waals surface area (Å²) < 4.78 is 12.9. The molecule has 1 aliphatic rings. The Morgan fingerprint density at radius 1 is 1.07 bits per heavy atom. The topological polar surface area (TPSA) is 78.5 Å². The number of nitrogens with zero attached hydrogens (tertiary/aromatic N) is 1. The third-order valence-electron chi connectivity index (χ3n) is 5.30. The first-order valence-corrected chi connectivity index (χ1v) is 10.1. The first-order valence-electron chi connectivity index (χ1n) is 10.1. The van der Waals surface area contributed by atoms with Gasteiger partial charge in [-0.3, -0.25) is 14.4 Å². The number of carbonyl (C=O) groups is 3. The number of likely N-dealkylation sites (tertiary alicyclic amines) is 1. The number of rotatable bonds is 8. The van der Waals surface area contributed by atoms with Gasteiger partial charge in [-0.15, -0.1) is 0 Å².